The Kier molecular flexibility index (Phi) is 7.11. The highest BCUT2D eigenvalue weighted by Crippen LogP contribution is 2.24. The number of hydrogen-bond donors (Lipinski definition) is 2. The number of rotatable bonds is 8. The largest absolute Gasteiger partial charge is 0.435 e. The van der Waals surface area contributed by atoms with Gasteiger partial charge in [-0.15, -0.1) is 10.2 Å². The Morgan fingerprint density at radius 2 is 1.87 bits per heavy atom. The molecular weight excluding hydrogens is 424 g/mol. The van der Waals surface area contributed by atoms with E-state index in [1.54, 1.807) is 12.1 Å². The number of nitrogens with zero attached hydrogens (tertiary/aromatic N) is 3. The third kappa shape index (κ3) is 5.72. The molecule has 3 rings (SSSR count). The zero-order chi connectivity index (χ0) is 22.5. The molecule has 1 heterocycles. The van der Waals surface area contributed by atoms with Crippen LogP contribution in [-0.2, 0) is 4.79 Å². The fourth-order valence-electron chi connectivity index (χ4n) is 2.89. The zero-order valence-corrected chi connectivity index (χ0v) is 18.1. The van der Waals surface area contributed by atoms with Crippen LogP contribution < -0.4 is 15.9 Å². The van der Waals surface area contributed by atoms with Crippen LogP contribution in [0.15, 0.2) is 47.6 Å². The topological polar surface area (TPSA) is 95.1 Å². The van der Waals surface area contributed by atoms with Gasteiger partial charge in [0.1, 0.15) is 5.75 Å². The second-order valence-corrected chi connectivity index (χ2v) is 7.94. The van der Waals surface area contributed by atoms with E-state index in [1.807, 2.05) is 32.9 Å². The molecule has 2 aromatic carbocycles. The van der Waals surface area contributed by atoms with Crippen molar-refractivity contribution in [2.45, 2.75) is 38.6 Å². The first-order valence-corrected chi connectivity index (χ1v) is 10.5. The number of nitrogens with two attached hydrogens (primary N) is 1. The lowest BCUT2D eigenvalue weighted by molar-refractivity contribution is -0.119. The number of nitrogens with one attached hydrogen (secondary N) is 1. The van der Waals surface area contributed by atoms with Crippen molar-refractivity contribution in [3.05, 3.63) is 59.2 Å². The van der Waals surface area contributed by atoms with Crippen molar-refractivity contribution >= 4 is 17.7 Å². The van der Waals surface area contributed by atoms with E-state index in [0.29, 0.717) is 16.5 Å². The van der Waals surface area contributed by atoms with Crippen molar-refractivity contribution in [3.8, 4) is 17.1 Å². The van der Waals surface area contributed by atoms with E-state index in [1.165, 1.54) is 27.9 Å². The number of benzene rings is 2. The molecule has 7 nitrogen and oxygen atoms in total. The fraction of sp³-hybridized carbons (Fsp3) is 0.286. The Bertz CT molecular complexity index is 1060. The highest BCUT2D eigenvalue weighted by atomic mass is 32.2. The summed E-state index contributed by atoms with van der Waals surface area (Å²) in [7, 11) is 0. The molecule has 1 unspecified atom stereocenters. The van der Waals surface area contributed by atoms with Gasteiger partial charge in [0.15, 0.2) is 5.82 Å². The Morgan fingerprint density at radius 3 is 2.52 bits per heavy atom. The Balaban J connectivity index is 1.59. The molecule has 10 heteroatoms. The van der Waals surface area contributed by atoms with E-state index in [9.17, 15) is 13.6 Å². The monoisotopic (exact) mass is 447 g/mol. The van der Waals surface area contributed by atoms with Crippen LogP contribution in [0.1, 0.15) is 29.7 Å². The van der Waals surface area contributed by atoms with Crippen LogP contribution in [0.4, 0.5) is 8.78 Å². The van der Waals surface area contributed by atoms with Gasteiger partial charge < -0.3 is 15.9 Å². The smallest absolute Gasteiger partial charge is 0.387 e. The van der Waals surface area contributed by atoms with Gasteiger partial charge in [-0.25, -0.2) is 4.68 Å². The third-order valence-corrected chi connectivity index (χ3v) is 5.69. The number of amides is 1. The van der Waals surface area contributed by atoms with Crippen LogP contribution in [-0.4, -0.2) is 33.1 Å². The number of aryl methyl sites for hydroxylation is 2. The third-order valence-electron chi connectivity index (χ3n) is 4.74. The summed E-state index contributed by atoms with van der Waals surface area (Å²) >= 11 is 1.15. The molecule has 0 saturated carbocycles. The quantitative estimate of drug-likeness (QED) is 0.402. The molecule has 0 aliphatic rings. The number of thioether (sulfide) groups is 1. The van der Waals surface area contributed by atoms with Crippen molar-refractivity contribution in [1.82, 2.24) is 20.2 Å². The molecule has 0 spiro atoms. The van der Waals surface area contributed by atoms with Crippen molar-refractivity contribution < 1.29 is 18.3 Å². The summed E-state index contributed by atoms with van der Waals surface area (Å²) in [5, 5.41) is 11.4. The van der Waals surface area contributed by atoms with Crippen LogP contribution in [0.2, 0.25) is 0 Å². The Hall–Kier alpha value is -3.14. The fourth-order valence-corrected chi connectivity index (χ4v) is 3.56. The van der Waals surface area contributed by atoms with Crippen LogP contribution >= 0.6 is 11.8 Å². The van der Waals surface area contributed by atoms with E-state index in [4.69, 9.17) is 5.84 Å². The molecule has 3 N–H and O–H groups in total. The van der Waals surface area contributed by atoms with Gasteiger partial charge in [0, 0.05) is 5.56 Å². The van der Waals surface area contributed by atoms with Crippen molar-refractivity contribution in [3.63, 3.8) is 0 Å². The molecule has 31 heavy (non-hydrogen) atoms. The average Bonchev–Trinajstić information content (AvgIpc) is 3.09. The second-order valence-electron chi connectivity index (χ2n) is 7.00. The number of aromatic nitrogens is 3. The predicted molar refractivity (Wildman–Crippen MR) is 115 cm³/mol. The minimum atomic E-state index is -2.89. The molecule has 1 atom stereocenters. The normalized spacial score (nSPS) is 12.1. The highest BCUT2D eigenvalue weighted by Gasteiger charge is 2.16. The number of ether oxygens (including phenoxy) is 1. The molecule has 0 fully saturated rings. The van der Waals surface area contributed by atoms with Gasteiger partial charge in [0.25, 0.3) is 0 Å². The highest BCUT2D eigenvalue weighted by molar-refractivity contribution is 7.99. The number of nitrogen functional groups attached to an aromatic ring is 1. The molecular formula is C21H23F2N5O2S. The lowest BCUT2D eigenvalue weighted by Crippen LogP contribution is -2.28. The van der Waals surface area contributed by atoms with Crippen LogP contribution in [0.3, 0.4) is 0 Å². The van der Waals surface area contributed by atoms with Gasteiger partial charge in [0.2, 0.25) is 11.1 Å². The maximum Gasteiger partial charge on any atom is 0.387 e. The van der Waals surface area contributed by atoms with Gasteiger partial charge in [-0.05, 0) is 61.7 Å². The molecule has 0 radical (unpaired) electrons. The molecule has 1 aromatic heterocycles. The molecule has 164 valence electrons. The number of carbonyl (C=O) groups excluding carboxylic acids is 1. The average molecular weight is 448 g/mol. The van der Waals surface area contributed by atoms with E-state index in [-0.39, 0.29) is 23.5 Å². The molecule has 0 bridgehead atoms. The van der Waals surface area contributed by atoms with E-state index in [2.05, 4.69) is 26.3 Å². The lowest BCUT2D eigenvalue weighted by Gasteiger charge is -2.15. The van der Waals surface area contributed by atoms with Gasteiger partial charge >= 0.3 is 6.61 Å². The summed E-state index contributed by atoms with van der Waals surface area (Å²) in [6, 6.07) is 11.9. The summed E-state index contributed by atoms with van der Waals surface area (Å²) in [4.78, 5) is 12.4. The number of carbonyl (C=O) groups is 1. The summed E-state index contributed by atoms with van der Waals surface area (Å²) in [6.45, 7) is 3.11. The van der Waals surface area contributed by atoms with Gasteiger partial charge in [0.05, 0.1) is 11.8 Å². The van der Waals surface area contributed by atoms with Gasteiger partial charge in [-0.2, -0.15) is 8.78 Å². The molecule has 0 saturated heterocycles. The van der Waals surface area contributed by atoms with E-state index in [0.717, 1.165) is 17.3 Å². The molecule has 0 aliphatic carbocycles. The first kappa shape index (κ1) is 22.5. The summed E-state index contributed by atoms with van der Waals surface area (Å²) in [5.41, 5.74) is 3.99. The molecule has 0 aliphatic heterocycles. The number of halogens is 2. The Morgan fingerprint density at radius 1 is 1.16 bits per heavy atom. The minimum Gasteiger partial charge on any atom is -0.435 e. The first-order chi connectivity index (χ1) is 14.7. The van der Waals surface area contributed by atoms with Crippen molar-refractivity contribution in [2.24, 2.45) is 0 Å². The van der Waals surface area contributed by atoms with E-state index >= 15 is 0 Å². The van der Waals surface area contributed by atoms with Crippen LogP contribution in [0, 0.1) is 13.8 Å². The molecule has 1 amide bonds. The maximum absolute atomic E-state index is 12.4. The standard InChI is InChI=1S/C21H23F2N5O2S/c1-12-4-5-16(10-13(12)2)14(3)25-18(29)11-31-21-27-26-19(28(21)24)15-6-8-17(9-7-15)30-20(22)23/h4-10,14,20H,11,24H2,1-3H3,(H,25,29). The number of alkyl halides is 2. The summed E-state index contributed by atoms with van der Waals surface area (Å²) in [5.74, 6) is 6.39. The van der Waals surface area contributed by atoms with Crippen LogP contribution in [0.5, 0.6) is 5.75 Å². The van der Waals surface area contributed by atoms with Crippen molar-refractivity contribution in [2.75, 3.05) is 11.6 Å². The maximum atomic E-state index is 12.4. The van der Waals surface area contributed by atoms with Crippen LogP contribution in [0.25, 0.3) is 11.4 Å². The predicted octanol–water partition coefficient (Wildman–Crippen LogP) is 3.85. The Labute approximate surface area is 183 Å². The number of hydrogen-bond acceptors (Lipinski definition) is 6. The SMILES string of the molecule is Cc1ccc(C(C)NC(=O)CSc2nnc(-c3ccc(OC(F)F)cc3)n2N)cc1C. The van der Waals surface area contributed by atoms with Gasteiger partial charge in [-0.3, -0.25) is 4.79 Å². The lowest BCUT2D eigenvalue weighted by atomic mass is 10.0. The summed E-state index contributed by atoms with van der Waals surface area (Å²) in [6.07, 6.45) is 0. The summed E-state index contributed by atoms with van der Waals surface area (Å²) < 4.78 is 30.1. The van der Waals surface area contributed by atoms with Gasteiger partial charge in [-0.1, -0.05) is 30.0 Å². The zero-order valence-electron chi connectivity index (χ0n) is 17.3. The minimum absolute atomic E-state index is 0.0333. The first-order valence-electron chi connectivity index (χ1n) is 9.49. The van der Waals surface area contributed by atoms with Crippen molar-refractivity contribution in [1.29, 1.82) is 0 Å². The molecule has 3 aromatic rings. The second kappa shape index (κ2) is 9.78. The van der Waals surface area contributed by atoms with E-state index < -0.39 is 6.61 Å².